The van der Waals surface area contributed by atoms with E-state index >= 15 is 0 Å². The second-order valence-corrected chi connectivity index (χ2v) is 6.00. The fraction of sp³-hybridized carbons (Fsp3) is 0.0455. The molecule has 0 amide bonds. The lowest BCUT2D eigenvalue weighted by Gasteiger charge is -2.11. The van der Waals surface area contributed by atoms with Crippen LogP contribution in [0.2, 0.25) is 0 Å². The largest absolute Gasteiger partial charge is 0.366 e. The molecule has 0 aliphatic rings. The molecule has 4 aromatic rings. The fourth-order valence-electron chi connectivity index (χ4n) is 2.74. The molecule has 0 spiro atoms. The van der Waals surface area contributed by atoms with Gasteiger partial charge in [-0.2, -0.15) is 0 Å². The van der Waals surface area contributed by atoms with Crippen molar-refractivity contribution in [2.75, 3.05) is 5.32 Å². The van der Waals surface area contributed by atoms with E-state index in [4.69, 9.17) is 0 Å². The van der Waals surface area contributed by atoms with E-state index in [-0.39, 0.29) is 5.82 Å². The highest BCUT2D eigenvalue weighted by Crippen LogP contribution is 2.25. The lowest BCUT2D eigenvalue weighted by atomic mass is 10.1. The van der Waals surface area contributed by atoms with E-state index in [1.165, 1.54) is 6.07 Å². The van der Waals surface area contributed by atoms with Gasteiger partial charge in [-0.05, 0) is 29.8 Å². The van der Waals surface area contributed by atoms with Crippen molar-refractivity contribution in [1.29, 1.82) is 0 Å². The summed E-state index contributed by atoms with van der Waals surface area (Å²) in [5.74, 6) is 0.747. The van der Waals surface area contributed by atoms with Gasteiger partial charge in [0.05, 0.1) is 5.69 Å². The summed E-state index contributed by atoms with van der Waals surface area (Å²) in [5.41, 5.74) is 2.71. The SMILES string of the molecule is Fc1ccccc1-c1cc(NCc2ccccc2)nc(-c2ccccn2)n1. The monoisotopic (exact) mass is 356 g/mol. The van der Waals surface area contributed by atoms with Gasteiger partial charge < -0.3 is 5.32 Å². The van der Waals surface area contributed by atoms with E-state index < -0.39 is 0 Å². The lowest BCUT2D eigenvalue weighted by molar-refractivity contribution is 0.630. The average molecular weight is 356 g/mol. The van der Waals surface area contributed by atoms with E-state index in [1.54, 1.807) is 30.5 Å². The molecule has 4 nitrogen and oxygen atoms in total. The number of hydrogen-bond donors (Lipinski definition) is 1. The summed E-state index contributed by atoms with van der Waals surface area (Å²) in [6.07, 6.45) is 1.69. The van der Waals surface area contributed by atoms with Gasteiger partial charge in [-0.3, -0.25) is 4.98 Å². The molecule has 0 bridgehead atoms. The van der Waals surface area contributed by atoms with Crippen LogP contribution in [0.1, 0.15) is 5.56 Å². The van der Waals surface area contributed by atoms with Gasteiger partial charge in [0, 0.05) is 24.4 Å². The molecular formula is C22H17FN4. The predicted molar refractivity (Wildman–Crippen MR) is 104 cm³/mol. The Bertz CT molecular complexity index is 1040. The number of nitrogens with zero attached hydrogens (tertiary/aromatic N) is 3. The van der Waals surface area contributed by atoms with E-state index in [0.29, 0.717) is 35.1 Å². The zero-order valence-electron chi connectivity index (χ0n) is 14.5. The van der Waals surface area contributed by atoms with Crippen molar-refractivity contribution in [2.45, 2.75) is 6.54 Å². The molecule has 0 aliphatic carbocycles. The second-order valence-electron chi connectivity index (χ2n) is 6.00. The van der Waals surface area contributed by atoms with Crippen LogP contribution < -0.4 is 5.32 Å². The topological polar surface area (TPSA) is 50.7 Å². The van der Waals surface area contributed by atoms with Gasteiger partial charge in [-0.15, -0.1) is 0 Å². The second kappa shape index (κ2) is 7.74. The van der Waals surface area contributed by atoms with Gasteiger partial charge in [0.15, 0.2) is 5.82 Å². The summed E-state index contributed by atoms with van der Waals surface area (Å²) < 4.78 is 14.3. The predicted octanol–water partition coefficient (Wildman–Crippen LogP) is 4.96. The summed E-state index contributed by atoms with van der Waals surface area (Å²) >= 11 is 0. The molecule has 2 heterocycles. The number of hydrogen-bond acceptors (Lipinski definition) is 4. The van der Waals surface area contributed by atoms with Gasteiger partial charge in [-0.1, -0.05) is 48.5 Å². The van der Waals surface area contributed by atoms with Gasteiger partial charge in [0.25, 0.3) is 0 Å². The zero-order valence-corrected chi connectivity index (χ0v) is 14.5. The zero-order chi connectivity index (χ0) is 18.5. The maximum absolute atomic E-state index is 14.3. The highest BCUT2D eigenvalue weighted by Gasteiger charge is 2.12. The minimum absolute atomic E-state index is 0.322. The van der Waals surface area contributed by atoms with Crippen LogP contribution in [0.15, 0.2) is 85.1 Å². The smallest absolute Gasteiger partial charge is 0.180 e. The number of pyridine rings is 1. The molecule has 0 radical (unpaired) electrons. The molecule has 1 N–H and O–H groups in total. The normalized spacial score (nSPS) is 10.6. The van der Waals surface area contributed by atoms with Crippen molar-refractivity contribution >= 4 is 5.82 Å². The molecule has 2 aromatic carbocycles. The van der Waals surface area contributed by atoms with Crippen LogP contribution in [0.5, 0.6) is 0 Å². The van der Waals surface area contributed by atoms with Gasteiger partial charge >= 0.3 is 0 Å². The molecule has 27 heavy (non-hydrogen) atoms. The van der Waals surface area contributed by atoms with Crippen LogP contribution in [0.25, 0.3) is 22.8 Å². The molecule has 0 atom stereocenters. The van der Waals surface area contributed by atoms with E-state index in [1.807, 2.05) is 48.5 Å². The van der Waals surface area contributed by atoms with E-state index in [9.17, 15) is 4.39 Å². The van der Waals surface area contributed by atoms with Crippen LogP contribution in [0.4, 0.5) is 10.2 Å². The number of benzene rings is 2. The maximum atomic E-state index is 14.3. The summed E-state index contributed by atoms with van der Waals surface area (Å²) in [6.45, 7) is 0.607. The highest BCUT2D eigenvalue weighted by molar-refractivity contribution is 5.66. The van der Waals surface area contributed by atoms with Crippen molar-refractivity contribution in [3.8, 4) is 22.8 Å². The summed E-state index contributed by atoms with van der Waals surface area (Å²) in [4.78, 5) is 13.4. The number of halogens is 1. The fourth-order valence-corrected chi connectivity index (χ4v) is 2.74. The quantitative estimate of drug-likeness (QED) is 0.549. The molecular weight excluding hydrogens is 339 g/mol. The van der Waals surface area contributed by atoms with Crippen molar-refractivity contribution in [3.63, 3.8) is 0 Å². The van der Waals surface area contributed by atoms with Crippen LogP contribution in [-0.4, -0.2) is 15.0 Å². The Kier molecular flexibility index (Phi) is 4.83. The number of anilines is 1. The van der Waals surface area contributed by atoms with E-state index in [2.05, 4.69) is 20.3 Å². The standard InChI is InChI=1S/C22H17FN4/c23-18-11-5-4-10-17(18)20-14-21(25-15-16-8-2-1-3-9-16)27-22(26-20)19-12-6-7-13-24-19/h1-14H,15H2,(H,25,26,27). The molecule has 0 fully saturated rings. The number of aromatic nitrogens is 3. The van der Waals surface area contributed by atoms with E-state index in [0.717, 1.165) is 5.56 Å². The summed E-state index contributed by atoms with van der Waals surface area (Å²) in [7, 11) is 0. The minimum atomic E-state index is -0.322. The molecule has 5 heteroatoms. The summed E-state index contributed by atoms with van der Waals surface area (Å²) in [5, 5.41) is 3.30. The number of rotatable bonds is 5. The minimum Gasteiger partial charge on any atom is -0.366 e. The van der Waals surface area contributed by atoms with Crippen molar-refractivity contribution in [2.24, 2.45) is 0 Å². The third kappa shape index (κ3) is 3.98. The first kappa shape index (κ1) is 16.8. The van der Waals surface area contributed by atoms with Gasteiger partial charge in [0.2, 0.25) is 0 Å². The van der Waals surface area contributed by atoms with Crippen molar-refractivity contribution in [1.82, 2.24) is 15.0 Å². The molecule has 2 aromatic heterocycles. The molecule has 0 aliphatic heterocycles. The van der Waals surface area contributed by atoms with Gasteiger partial charge in [0.1, 0.15) is 17.3 Å². The first-order valence-electron chi connectivity index (χ1n) is 8.63. The first-order chi connectivity index (χ1) is 13.3. The molecule has 132 valence electrons. The average Bonchev–Trinajstić information content (AvgIpc) is 2.74. The third-order valence-corrected chi connectivity index (χ3v) is 4.09. The Hall–Kier alpha value is -3.60. The van der Waals surface area contributed by atoms with Crippen molar-refractivity contribution < 1.29 is 4.39 Å². The Morgan fingerprint density at radius 3 is 2.33 bits per heavy atom. The number of nitrogens with one attached hydrogen (secondary N) is 1. The lowest BCUT2D eigenvalue weighted by Crippen LogP contribution is -2.04. The third-order valence-electron chi connectivity index (χ3n) is 4.09. The van der Waals surface area contributed by atoms with Crippen LogP contribution >= 0.6 is 0 Å². The molecule has 0 saturated carbocycles. The van der Waals surface area contributed by atoms with Crippen molar-refractivity contribution in [3.05, 3.63) is 96.4 Å². The van der Waals surface area contributed by atoms with Gasteiger partial charge in [-0.25, -0.2) is 14.4 Å². The Morgan fingerprint density at radius 2 is 1.56 bits per heavy atom. The Labute approximate surface area is 156 Å². The van der Waals surface area contributed by atoms with Crippen LogP contribution in [0.3, 0.4) is 0 Å². The Balaban J connectivity index is 1.74. The molecule has 0 saturated heterocycles. The summed E-state index contributed by atoms with van der Waals surface area (Å²) in [6, 6.07) is 23.9. The Morgan fingerprint density at radius 1 is 0.778 bits per heavy atom. The first-order valence-corrected chi connectivity index (χ1v) is 8.63. The van der Waals surface area contributed by atoms with Crippen LogP contribution in [0, 0.1) is 5.82 Å². The maximum Gasteiger partial charge on any atom is 0.180 e. The molecule has 4 rings (SSSR count). The van der Waals surface area contributed by atoms with Crippen LogP contribution in [-0.2, 0) is 6.54 Å². The molecule has 0 unspecified atom stereocenters. The highest BCUT2D eigenvalue weighted by atomic mass is 19.1.